The van der Waals surface area contributed by atoms with Gasteiger partial charge < -0.3 is 4.42 Å². The van der Waals surface area contributed by atoms with Crippen LogP contribution in [-0.2, 0) is 0 Å². The average Bonchev–Trinajstić information content (AvgIpc) is 3.47. The summed E-state index contributed by atoms with van der Waals surface area (Å²) in [4.78, 5) is 8.57. The third kappa shape index (κ3) is 3.65. The first-order valence-corrected chi connectivity index (χ1v) is 12.1. The number of benzene rings is 5. The van der Waals surface area contributed by atoms with E-state index in [-0.39, 0.29) is 0 Å². The van der Waals surface area contributed by atoms with Crippen molar-refractivity contribution in [1.82, 2.24) is 20.2 Å². The Hall–Kier alpha value is -5.16. The molecule has 2 aromatic heterocycles. The summed E-state index contributed by atoms with van der Waals surface area (Å²) in [5, 5.41) is 13.2. The molecule has 0 unspecified atom stereocenters. The highest BCUT2D eigenvalue weighted by Crippen LogP contribution is 2.43. The van der Waals surface area contributed by atoms with Crippen LogP contribution >= 0.6 is 0 Å². The number of rotatable bonds is 4. The van der Waals surface area contributed by atoms with E-state index in [0.717, 1.165) is 27.8 Å². The van der Waals surface area contributed by atoms with Crippen LogP contribution in [0.2, 0.25) is 0 Å². The lowest BCUT2D eigenvalue weighted by molar-refractivity contribution is 0.584. The van der Waals surface area contributed by atoms with Crippen LogP contribution in [0.3, 0.4) is 0 Å². The van der Waals surface area contributed by atoms with Crippen LogP contribution in [0.5, 0.6) is 0 Å². The maximum absolute atomic E-state index is 5.97. The van der Waals surface area contributed by atoms with E-state index in [4.69, 9.17) is 4.42 Å². The van der Waals surface area contributed by atoms with Crippen molar-refractivity contribution in [3.8, 4) is 45.2 Å². The summed E-state index contributed by atoms with van der Waals surface area (Å²) >= 11 is 0. The zero-order chi connectivity index (χ0) is 24.6. The van der Waals surface area contributed by atoms with E-state index in [2.05, 4.69) is 80.8 Å². The first-order valence-electron chi connectivity index (χ1n) is 12.1. The first-order chi connectivity index (χ1) is 18.4. The Balaban J connectivity index is 1.38. The standard InChI is InChI=1S/C32H20N4O/c1-2-8-22(9-3-1)31-35-36-32(37-31)23-16-14-21(15-17-23)29-25-10-4-6-12-27(25)30(24-18-33-20-34-19-24)28-13-7-5-11-26(28)29/h1-20H. The monoisotopic (exact) mass is 476 g/mol. The lowest BCUT2D eigenvalue weighted by Crippen LogP contribution is -1.91. The summed E-state index contributed by atoms with van der Waals surface area (Å²) in [6, 6.07) is 35.2. The predicted octanol–water partition coefficient (Wildman–Crippen LogP) is 7.83. The highest BCUT2D eigenvalue weighted by molar-refractivity contribution is 6.21. The van der Waals surface area contributed by atoms with Gasteiger partial charge in [0.1, 0.15) is 6.33 Å². The molecule has 0 fully saturated rings. The third-order valence-corrected chi connectivity index (χ3v) is 6.65. The van der Waals surface area contributed by atoms with E-state index in [1.807, 2.05) is 54.9 Å². The molecular formula is C32H20N4O. The Morgan fingerprint density at radius 1 is 0.405 bits per heavy atom. The molecule has 0 saturated heterocycles. The van der Waals surface area contributed by atoms with Crippen molar-refractivity contribution in [3.05, 3.63) is 122 Å². The molecule has 2 heterocycles. The largest absolute Gasteiger partial charge is 0.416 e. The van der Waals surface area contributed by atoms with Gasteiger partial charge in [-0.05, 0) is 56.9 Å². The Bertz CT molecular complexity index is 1800. The van der Waals surface area contributed by atoms with E-state index in [1.54, 1.807) is 6.33 Å². The van der Waals surface area contributed by atoms with Gasteiger partial charge in [0, 0.05) is 34.6 Å². The van der Waals surface area contributed by atoms with Crippen LogP contribution in [0.4, 0.5) is 0 Å². The van der Waals surface area contributed by atoms with E-state index in [0.29, 0.717) is 11.8 Å². The predicted molar refractivity (Wildman–Crippen MR) is 147 cm³/mol. The normalized spacial score (nSPS) is 11.2. The molecule has 0 bridgehead atoms. The van der Waals surface area contributed by atoms with Crippen molar-refractivity contribution in [2.75, 3.05) is 0 Å². The third-order valence-electron chi connectivity index (χ3n) is 6.65. The second-order valence-electron chi connectivity index (χ2n) is 8.82. The molecule has 0 aliphatic rings. The summed E-state index contributed by atoms with van der Waals surface area (Å²) in [6.07, 6.45) is 5.32. The topological polar surface area (TPSA) is 64.7 Å². The Morgan fingerprint density at radius 2 is 0.838 bits per heavy atom. The summed E-state index contributed by atoms with van der Waals surface area (Å²) in [5.74, 6) is 1.01. The quantitative estimate of drug-likeness (QED) is 0.242. The summed E-state index contributed by atoms with van der Waals surface area (Å²) in [7, 11) is 0. The first kappa shape index (κ1) is 21.1. The van der Waals surface area contributed by atoms with E-state index >= 15 is 0 Å². The van der Waals surface area contributed by atoms with Gasteiger partial charge in [0.25, 0.3) is 0 Å². The molecule has 5 aromatic carbocycles. The molecule has 7 aromatic rings. The molecule has 5 heteroatoms. The second-order valence-corrected chi connectivity index (χ2v) is 8.82. The summed E-state index contributed by atoms with van der Waals surface area (Å²) in [6.45, 7) is 0. The Kier molecular flexibility index (Phi) is 5.03. The molecular weight excluding hydrogens is 456 g/mol. The van der Waals surface area contributed by atoms with Gasteiger partial charge in [-0.2, -0.15) is 0 Å². The molecule has 5 nitrogen and oxygen atoms in total. The summed E-state index contributed by atoms with van der Waals surface area (Å²) in [5.41, 5.74) is 6.24. The molecule has 0 radical (unpaired) electrons. The van der Waals surface area contributed by atoms with Gasteiger partial charge in [0.05, 0.1) is 0 Å². The maximum atomic E-state index is 5.97. The van der Waals surface area contributed by atoms with Crippen LogP contribution in [0.25, 0.3) is 66.7 Å². The van der Waals surface area contributed by atoms with E-state index in [1.165, 1.54) is 27.1 Å². The molecule has 0 N–H and O–H groups in total. The van der Waals surface area contributed by atoms with Crippen LogP contribution in [0, 0.1) is 0 Å². The molecule has 0 aliphatic heterocycles. The number of nitrogens with zero attached hydrogens (tertiary/aromatic N) is 4. The van der Waals surface area contributed by atoms with Crippen LogP contribution < -0.4 is 0 Å². The lowest BCUT2D eigenvalue weighted by atomic mass is 9.86. The smallest absolute Gasteiger partial charge is 0.248 e. The van der Waals surface area contributed by atoms with Crippen LogP contribution in [-0.4, -0.2) is 20.2 Å². The van der Waals surface area contributed by atoms with Crippen molar-refractivity contribution in [1.29, 1.82) is 0 Å². The van der Waals surface area contributed by atoms with Crippen molar-refractivity contribution < 1.29 is 4.42 Å². The molecule has 0 spiro atoms. The lowest BCUT2D eigenvalue weighted by Gasteiger charge is -2.17. The minimum Gasteiger partial charge on any atom is -0.416 e. The SMILES string of the molecule is c1ccc(-c2nnc(-c3ccc(-c4c5ccccc5c(-c5cncnc5)c5ccccc45)cc3)o2)cc1. The molecule has 0 aliphatic carbocycles. The fraction of sp³-hybridized carbons (Fsp3) is 0. The van der Waals surface area contributed by atoms with Crippen LogP contribution in [0.15, 0.2) is 126 Å². The molecule has 37 heavy (non-hydrogen) atoms. The highest BCUT2D eigenvalue weighted by atomic mass is 16.4. The zero-order valence-corrected chi connectivity index (χ0v) is 19.7. The highest BCUT2D eigenvalue weighted by Gasteiger charge is 2.17. The number of fused-ring (bicyclic) bond motifs is 2. The zero-order valence-electron chi connectivity index (χ0n) is 19.7. The van der Waals surface area contributed by atoms with Gasteiger partial charge in [-0.3, -0.25) is 0 Å². The minimum absolute atomic E-state index is 0.500. The van der Waals surface area contributed by atoms with Crippen LogP contribution in [0.1, 0.15) is 0 Å². The second kappa shape index (κ2) is 8.81. The molecule has 7 rings (SSSR count). The molecule has 174 valence electrons. The Morgan fingerprint density at radius 3 is 1.38 bits per heavy atom. The van der Waals surface area contributed by atoms with Gasteiger partial charge in [-0.25, -0.2) is 9.97 Å². The van der Waals surface area contributed by atoms with E-state index in [9.17, 15) is 0 Å². The number of aromatic nitrogens is 4. The van der Waals surface area contributed by atoms with Gasteiger partial charge in [0.15, 0.2) is 0 Å². The van der Waals surface area contributed by atoms with E-state index < -0.39 is 0 Å². The van der Waals surface area contributed by atoms with Gasteiger partial charge >= 0.3 is 0 Å². The maximum Gasteiger partial charge on any atom is 0.248 e. The van der Waals surface area contributed by atoms with Crippen molar-refractivity contribution >= 4 is 21.5 Å². The van der Waals surface area contributed by atoms with Gasteiger partial charge in [-0.1, -0.05) is 78.9 Å². The van der Waals surface area contributed by atoms with Gasteiger partial charge in [0.2, 0.25) is 11.8 Å². The van der Waals surface area contributed by atoms with Crippen molar-refractivity contribution in [3.63, 3.8) is 0 Å². The van der Waals surface area contributed by atoms with Gasteiger partial charge in [-0.15, -0.1) is 10.2 Å². The fourth-order valence-corrected chi connectivity index (χ4v) is 5.00. The number of hydrogen-bond donors (Lipinski definition) is 0. The fourth-order valence-electron chi connectivity index (χ4n) is 5.00. The molecule has 0 atom stereocenters. The van der Waals surface area contributed by atoms with Crippen molar-refractivity contribution in [2.45, 2.75) is 0 Å². The average molecular weight is 477 g/mol. The van der Waals surface area contributed by atoms with Crippen molar-refractivity contribution in [2.24, 2.45) is 0 Å². The summed E-state index contributed by atoms with van der Waals surface area (Å²) < 4.78 is 5.97. The Labute approximate surface area is 213 Å². The molecule has 0 saturated carbocycles. The minimum atomic E-state index is 0.500. The number of hydrogen-bond acceptors (Lipinski definition) is 5. The molecule has 0 amide bonds.